The molecule has 20 heavy (non-hydrogen) atoms. The van der Waals surface area contributed by atoms with E-state index in [2.05, 4.69) is 10.3 Å². The zero-order chi connectivity index (χ0) is 14.5. The van der Waals surface area contributed by atoms with E-state index >= 15 is 0 Å². The highest BCUT2D eigenvalue weighted by Crippen LogP contribution is 2.28. The molecular formula is C15H19N3O2. The molecular weight excluding hydrogens is 254 g/mol. The Hall–Kier alpha value is -2.30. The molecule has 0 spiro atoms. The molecule has 1 atom stereocenters. The molecule has 0 bridgehead atoms. The first kappa shape index (κ1) is 14.1. The van der Waals surface area contributed by atoms with E-state index in [-0.39, 0.29) is 18.6 Å². The number of carbonyl (C=O) groups excluding carboxylic acids is 1. The van der Waals surface area contributed by atoms with Gasteiger partial charge in [0.05, 0.1) is 11.2 Å². The third-order valence-corrected chi connectivity index (χ3v) is 3.14. The van der Waals surface area contributed by atoms with Gasteiger partial charge < -0.3 is 15.8 Å². The summed E-state index contributed by atoms with van der Waals surface area (Å²) in [5.74, 6) is 0.481. The Morgan fingerprint density at radius 2 is 2.25 bits per heavy atom. The number of fused-ring (bicyclic) bond motifs is 1. The van der Waals surface area contributed by atoms with E-state index in [0.29, 0.717) is 17.0 Å². The van der Waals surface area contributed by atoms with Crippen molar-refractivity contribution in [1.29, 1.82) is 0 Å². The average molecular weight is 273 g/mol. The number of amides is 1. The summed E-state index contributed by atoms with van der Waals surface area (Å²) in [6, 6.07) is 7.33. The lowest BCUT2D eigenvalue weighted by molar-refractivity contribution is -0.123. The number of nitrogens with two attached hydrogens (primary N) is 1. The summed E-state index contributed by atoms with van der Waals surface area (Å²) >= 11 is 0. The van der Waals surface area contributed by atoms with Crippen molar-refractivity contribution < 1.29 is 9.53 Å². The van der Waals surface area contributed by atoms with Gasteiger partial charge in [-0.05, 0) is 37.6 Å². The molecule has 1 aromatic heterocycles. The predicted molar refractivity (Wildman–Crippen MR) is 79.5 cm³/mol. The van der Waals surface area contributed by atoms with E-state index in [9.17, 15) is 4.79 Å². The van der Waals surface area contributed by atoms with Crippen molar-refractivity contribution in [2.75, 3.05) is 12.3 Å². The quantitative estimate of drug-likeness (QED) is 0.818. The number of carbonyl (C=O) groups is 1. The molecule has 0 aliphatic carbocycles. The Morgan fingerprint density at radius 3 is 3.00 bits per heavy atom. The van der Waals surface area contributed by atoms with Gasteiger partial charge in [-0.2, -0.15) is 0 Å². The Bertz CT molecular complexity index is 613. The van der Waals surface area contributed by atoms with E-state index in [1.165, 1.54) is 0 Å². The number of hydrogen-bond donors (Lipinski definition) is 2. The molecule has 1 heterocycles. The van der Waals surface area contributed by atoms with Gasteiger partial charge in [-0.1, -0.05) is 6.92 Å². The van der Waals surface area contributed by atoms with E-state index in [0.717, 1.165) is 11.8 Å². The summed E-state index contributed by atoms with van der Waals surface area (Å²) in [6.07, 6.45) is 2.57. The Kier molecular flexibility index (Phi) is 4.40. The molecule has 5 heteroatoms. The standard InChI is InChI=1S/C15H19N3O2/c1-3-10(2)18-14(19)9-20-13-7-6-12(16)15-11(13)5-4-8-17-15/h4-8,10H,3,9,16H2,1-2H3,(H,18,19). The third-order valence-electron chi connectivity index (χ3n) is 3.14. The van der Waals surface area contributed by atoms with E-state index in [1.54, 1.807) is 18.3 Å². The zero-order valence-corrected chi connectivity index (χ0v) is 11.7. The lowest BCUT2D eigenvalue weighted by Gasteiger charge is -2.13. The maximum Gasteiger partial charge on any atom is 0.258 e. The molecule has 0 saturated carbocycles. The van der Waals surface area contributed by atoms with Crippen molar-refractivity contribution in [3.8, 4) is 5.75 Å². The summed E-state index contributed by atoms with van der Waals surface area (Å²) in [5, 5.41) is 3.66. The minimum Gasteiger partial charge on any atom is -0.483 e. The van der Waals surface area contributed by atoms with Gasteiger partial charge in [-0.3, -0.25) is 9.78 Å². The fourth-order valence-electron chi connectivity index (χ4n) is 1.86. The van der Waals surface area contributed by atoms with Crippen LogP contribution in [-0.4, -0.2) is 23.5 Å². The minimum absolute atomic E-state index is 0.0156. The van der Waals surface area contributed by atoms with Gasteiger partial charge in [0.25, 0.3) is 5.91 Å². The van der Waals surface area contributed by atoms with Crippen molar-refractivity contribution in [3.63, 3.8) is 0 Å². The maximum atomic E-state index is 11.7. The Morgan fingerprint density at radius 1 is 1.45 bits per heavy atom. The molecule has 1 unspecified atom stereocenters. The Labute approximate surface area is 118 Å². The van der Waals surface area contributed by atoms with Crippen LogP contribution in [0.3, 0.4) is 0 Å². The van der Waals surface area contributed by atoms with Gasteiger partial charge >= 0.3 is 0 Å². The first-order valence-corrected chi connectivity index (χ1v) is 6.67. The number of nitrogen functional groups attached to an aromatic ring is 1. The van der Waals surface area contributed by atoms with Gasteiger partial charge in [0.2, 0.25) is 0 Å². The molecule has 0 fully saturated rings. The topological polar surface area (TPSA) is 77.2 Å². The summed E-state index contributed by atoms with van der Waals surface area (Å²) in [5.41, 5.74) is 7.15. The van der Waals surface area contributed by atoms with Crippen LogP contribution in [0.4, 0.5) is 5.69 Å². The summed E-state index contributed by atoms with van der Waals surface area (Å²) in [6.45, 7) is 3.96. The van der Waals surface area contributed by atoms with Crippen molar-refractivity contribution in [2.45, 2.75) is 26.3 Å². The molecule has 1 aromatic carbocycles. The molecule has 106 valence electrons. The minimum atomic E-state index is -0.131. The van der Waals surface area contributed by atoms with Crippen LogP contribution < -0.4 is 15.8 Å². The number of nitrogens with zero attached hydrogens (tertiary/aromatic N) is 1. The van der Waals surface area contributed by atoms with Crippen molar-refractivity contribution in [2.24, 2.45) is 0 Å². The van der Waals surface area contributed by atoms with Crippen LogP contribution in [-0.2, 0) is 4.79 Å². The Balaban J connectivity index is 2.11. The van der Waals surface area contributed by atoms with Crippen molar-refractivity contribution in [1.82, 2.24) is 10.3 Å². The first-order valence-electron chi connectivity index (χ1n) is 6.67. The molecule has 5 nitrogen and oxygen atoms in total. The van der Waals surface area contributed by atoms with Gasteiger partial charge in [0.1, 0.15) is 5.75 Å². The number of rotatable bonds is 5. The number of ether oxygens (including phenoxy) is 1. The number of benzene rings is 1. The lowest BCUT2D eigenvalue weighted by atomic mass is 10.2. The monoisotopic (exact) mass is 273 g/mol. The lowest BCUT2D eigenvalue weighted by Crippen LogP contribution is -2.35. The predicted octanol–water partition coefficient (Wildman–Crippen LogP) is 2.11. The number of aromatic nitrogens is 1. The smallest absolute Gasteiger partial charge is 0.258 e. The largest absolute Gasteiger partial charge is 0.483 e. The first-order chi connectivity index (χ1) is 9.61. The van der Waals surface area contributed by atoms with Gasteiger partial charge in [0.15, 0.2) is 6.61 Å². The molecule has 0 radical (unpaired) electrons. The highest BCUT2D eigenvalue weighted by atomic mass is 16.5. The van der Waals surface area contributed by atoms with E-state index in [1.807, 2.05) is 26.0 Å². The summed E-state index contributed by atoms with van der Waals surface area (Å²) < 4.78 is 5.57. The fraction of sp³-hybridized carbons (Fsp3) is 0.333. The van der Waals surface area contributed by atoms with Crippen LogP contribution in [0.5, 0.6) is 5.75 Å². The average Bonchev–Trinajstić information content (AvgIpc) is 2.46. The highest BCUT2D eigenvalue weighted by Gasteiger charge is 2.09. The number of hydrogen-bond acceptors (Lipinski definition) is 4. The van der Waals surface area contributed by atoms with Crippen LogP contribution in [0.1, 0.15) is 20.3 Å². The molecule has 3 N–H and O–H groups in total. The molecule has 1 amide bonds. The molecule has 0 saturated heterocycles. The van der Waals surface area contributed by atoms with Gasteiger partial charge in [0, 0.05) is 17.6 Å². The number of nitrogens with one attached hydrogen (secondary N) is 1. The van der Waals surface area contributed by atoms with Gasteiger partial charge in [-0.15, -0.1) is 0 Å². The summed E-state index contributed by atoms with van der Waals surface area (Å²) in [7, 11) is 0. The van der Waals surface area contributed by atoms with E-state index in [4.69, 9.17) is 10.5 Å². The number of pyridine rings is 1. The molecule has 2 aromatic rings. The van der Waals surface area contributed by atoms with Crippen LogP contribution in [0.2, 0.25) is 0 Å². The fourth-order valence-corrected chi connectivity index (χ4v) is 1.86. The normalized spacial score (nSPS) is 12.1. The van der Waals surface area contributed by atoms with Crippen LogP contribution in [0, 0.1) is 0 Å². The van der Waals surface area contributed by atoms with Crippen molar-refractivity contribution >= 4 is 22.5 Å². The number of anilines is 1. The van der Waals surface area contributed by atoms with Gasteiger partial charge in [-0.25, -0.2) is 0 Å². The highest BCUT2D eigenvalue weighted by molar-refractivity contribution is 5.94. The van der Waals surface area contributed by atoms with Crippen molar-refractivity contribution in [3.05, 3.63) is 30.5 Å². The van der Waals surface area contributed by atoms with Crippen LogP contribution >= 0.6 is 0 Å². The molecule has 2 rings (SSSR count). The second kappa shape index (κ2) is 6.23. The summed E-state index contributed by atoms with van der Waals surface area (Å²) in [4.78, 5) is 15.9. The second-order valence-electron chi connectivity index (χ2n) is 4.72. The molecule has 0 aliphatic rings. The van der Waals surface area contributed by atoms with E-state index < -0.39 is 0 Å². The second-order valence-corrected chi connectivity index (χ2v) is 4.72. The maximum absolute atomic E-state index is 11.7. The van der Waals surface area contributed by atoms with Crippen LogP contribution in [0.25, 0.3) is 10.9 Å². The zero-order valence-electron chi connectivity index (χ0n) is 11.7. The van der Waals surface area contributed by atoms with Crippen LogP contribution in [0.15, 0.2) is 30.5 Å². The SMILES string of the molecule is CCC(C)NC(=O)COc1ccc(N)c2ncccc12. The molecule has 0 aliphatic heterocycles. The third kappa shape index (κ3) is 3.17.